The molecule has 0 bridgehead atoms. The van der Waals surface area contributed by atoms with Gasteiger partial charge in [0, 0.05) is 59.0 Å². The molecule has 0 aliphatic carbocycles. The lowest BCUT2D eigenvalue weighted by Crippen LogP contribution is -2.47. The van der Waals surface area contributed by atoms with Crippen molar-refractivity contribution >= 4 is 0 Å². The number of likely N-dealkylation sites (N-methyl/N-ethyl adjacent to an activating group) is 3. The Morgan fingerprint density at radius 1 is 0.650 bits per heavy atom. The summed E-state index contributed by atoms with van der Waals surface area (Å²) in [6, 6.07) is 0. The maximum atomic E-state index is 3.16. The highest BCUT2D eigenvalue weighted by Gasteiger charge is 2.11. The molecule has 2 fully saturated rings. The van der Waals surface area contributed by atoms with Crippen molar-refractivity contribution in [3.05, 3.63) is 0 Å². The van der Waals surface area contributed by atoms with Crippen LogP contribution in [0.25, 0.3) is 0 Å². The first-order valence-electron chi connectivity index (χ1n) is 7.04. The van der Waals surface area contributed by atoms with Crippen LogP contribution in [0.1, 0.15) is 14.9 Å². The van der Waals surface area contributed by atoms with Crippen LogP contribution in [-0.4, -0.2) is 107 Å². The highest BCUT2D eigenvalue weighted by atomic mass is 15.3. The highest BCUT2D eigenvalue weighted by molar-refractivity contribution is 4.67. The number of nitrogens with zero attached hydrogens (tertiary/aromatic N) is 4. The summed E-state index contributed by atoms with van der Waals surface area (Å²) >= 11 is 0. The summed E-state index contributed by atoms with van der Waals surface area (Å²) in [6.45, 7) is 10.8. The van der Waals surface area contributed by atoms with Gasteiger partial charge in [-0.1, -0.05) is 14.9 Å². The van der Waals surface area contributed by atoms with Crippen LogP contribution in [0.4, 0.5) is 0 Å². The van der Waals surface area contributed by atoms with Crippen molar-refractivity contribution in [3.8, 4) is 0 Å². The summed E-state index contributed by atoms with van der Waals surface area (Å²) in [5, 5.41) is 3.16. The van der Waals surface area contributed by atoms with E-state index in [0.29, 0.717) is 0 Å². The first-order chi connectivity index (χ1) is 8.61. The minimum absolute atomic E-state index is 0. The van der Waals surface area contributed by atoms with E-state index >= 15 is 0 Å². The summed E-state index contributed by atoms with van der Waals surface area (Å²) in [4.78, 5) is 9.52. The minimum Gasteiger partial charge on any atom is -0.307 e. The van der Waals surface area contributed by atoms with Crippen molar-refractivity contribution in [2.24, 2.45) is 0 Å². The van der Waals surface area contributed by atoms with Crippen molar-refractivity contribution in [1.82, 2.24) is 24.9 Å². The lowest BCUT2D eigenvalue weighted by molar-refractivity contribution is 0.148. The van der Waals surface area contributed by atoms with E-state index in [2.05, 4.69) is 46.1 Å². The molecule has 124 valence electrons. The molecule has 2 saturated heterocycles. The Balaban J connectivity index is 0. The molecule has 5 nitrogen and oxygen atoms in total. The molecule has 0 unspecified atom stereocenters. The number of hydrogen-bond donors (Lipinski definition) is 1. The molecule has 0 saturated carbocycles. The molecule has 2 rings (SSSR count). The van der Waals surface area contributed by atoms with Crippen LogP contribution in [0.15, 0.2) is 0 Å². The zero-order chi connectivity index (χ0) is 13.4. The van der Waals surface area contributed by atoms with Gasteiger partial charge >= 0.3 is 0 Å². The maximum absolute atomic E-state index is 3.16. The Morgan fingerprint density at radius 3 is 1.25 bits per heavy atom. The molecule has 0 amide bonds. The predicted octanol–water partition coefficient (Wildman–Crippen LogP) is 0.547. The van der Waals surface area contributed by atoms with Gasteiger partial charge in [-0.05, 0) is 28.2 Å². The molecule has 2 aliphatic rings. The van der Waals surface area contributed by atoms with Gasteiger partial charge in [-0.15, -0.1) is 0 Å². The Morgan fingerprint density at radius 2 is 0.950 bits per heavy atom. The van der Waals surface area contributed by atoms with Crippen LogP contribution in [0.5, 0.6) is 0 Å². The lowest BCUT2D eigenvalue weighted by Gasteiger charge is -2.31. The van der Waals surface area contributed by atoms with Gasteiger partial charge in [0.05, 0.1) is 0 Å². The summed E-state index contributed by atoms with van der Waals surface area (Å²) < 4.78 is 0. The predicted molar refractivity (Wildman–Crippen MR) is 91.5 cm³/mol. The summed E-state index contributed by atoms with van der Waals surface area (Å²) in [7, 11) is 8.52. The number of nitrogens with one attached hydrogen (secondary N) is 1. The quantitative estimate of drug-likeness (QED) is 0.800. The molecule has 5 heteroatoms. The Labute approximate surface area is 127 Å². The van der Waals surface area contributed by atoms with E-state index in [1.165, 1.54) is 52.4 Å². The topological polar surface area (TPSA) is 25.0 Å². The molecule has 2 aliphatic heterocycles. The largest absolute Gasteiger partial charge is 0.307 e. The van der Waals surface area contributed by atoms with Crippen molar-refractivity contribution < 1.29 is 0 Å². The van der Waals surface area contributed by atoms with Gasteiger partial charge in [-0.3, -0.25) is 4.90 Å². The molecule has 0 radical (unpaired) electrons. The fourth-order valence-corrected chi connectivity index (χ4v) is 2.14. The lowest BCUT2D eigenvalue weighted by atomic mass is 10.3. The van der Waals surface area contributed by atoms with Gasteiger partial charge in [-0.25, -0.2) is 0 Å². The van der Waals surface area contributed by atoms with Crippen LogP contribution in [0.3, 0.4) is 0 Å². The van der Waals surface area contributed by atoms with E-state index in [1.54, 1.807) is 0 Å². The van der Waals surface area contributed by atoms with E-state index in [9.17, 15) is 0 Å². The highest BCUT2D eigenvalue weighted by Crippen LogP contribution is 1.96. The van der Waals surface area contributed by atoms with E-state index in [4.69, 9.17) is 0 Å². The molecule has 2 heterocycles. The fraction of sp³-hybridized carbons (Fsp3) is 1.00. The van der Waals surface area contributed by atoms with Gasteiger partial charge < -0.3 is 20.0 Å². The first-order valence-corrected chi connectivity index (χ1v) is 7.04. The third-order valence-electron chi connectivity index (χ3n) is 3.70. The molecule has 0 aromatic heterocycles. The third kappa shape index (κ3) is 9.66. The Kier molecular flexibility index (Phi) is 13.8. The fourth-order valence-electron chi connectivity index (χ4n) is 2.14. The summed E-state index contributed by atoms with van der Waals surface area (Å²) in [6.07, 6.45) is 0. The van der Waals surface area contributed by atoms with Gasteiger partial charge in [-0.2, -0.15) is 0 Å². The van der Waals surface area contributed by atoms with Gasteiger partial charge in [0.15, 0.2) is 0 Å². The molecule has 0 atom stereocenters. The van der Waals surface area contributed by atoms with E-state index < -0.39 is 0 Å². The molecular weight excluding hydrogens is 250 g/mol. The van der Waals surface area contributed by atoms with E-state index in [1.807, 2.05) is 7.05 Å². The van der Waals surface area contributed by atoms with Crippen molar-refractivity contribution in [2.45, 2.75) is 14.9 Å². The molecule has 0 aromatic rings. The van der Waals surface area contributed by atoms with Crippen LogP contribution in [-0.2, 0) is 0 Å². The van der Waals surface area contributed by atoms with E-state index in [0.717, 1.165) is 6.67 Å². The smallest absolute Gasteiger partial charge is 0.0479 e. The number of rotatable bonds is 2. The average molecular weight is 290 g/mol. The average Bonchev–Trinajstić information content (AvgIpc) is 2.37. The van der Waals surface area contributed by atoms with Crippen molar-refractivity contribution in [2.75, 3.05) is 87.2 Å². The van der Waals surface area contributed by atoms with E-state index in [-0.39, 0.29) is 14.9 Å². The third-order valence-corrected chi connectivity index (χ3v) is 3.70. The second-order valence-corrected chi connectivity index (χ2v) is 5.54. The van der Waals surface area contributed by atoms with Gasteiger partial charge in [0.2, 0.25) is 0 Å². The van der Waals surface area contributed by atoms with Crippen LogP contribution in [0, 0.1) is 0 Å². The zero-order valence-electron chi connectivity index (χ0n) is 12.7. The molecular formula is C15H39N5. The summed E-state index contributed by atoms with van der Waals surface area (Å²) in [5.74, 6) is 0. The molecule has 20 heavy (non-hydrogen) atoms. The SMILES string of the molecule is C.C.CN1CCN(C)CC1.CNCN1CCN(C)CC1. The van der Waals surface area contributed by atoms with Gasteiger partial charge in [0.25, 0.3) is 0 Å². The first kappa shape index (κ1) is 22.1. The van der Waals surface area contributed by atoms with Gasteiger partial charge in [0.1, 0.15) is 0 Å². The second kappa shape index (κ2) is 12.5. The summed E-state index contributed by atoms with van der Waals surface area (Å²) in [5.41, 5.74) is 0. The molecule has 0 aromatic carbocycles. The Bertz CT molecular complexity index is 186. The molecule has 0 spiro atoms. The van der Waals surface area contributed by atoms with Crippen LogP contribution < -0.4 is 5.32 Å². The second-order valence-electron chi connectivity index (χ2n) is 5.54. The Hall–Kier alpha value is -0.200. The normalized spacial score (nSPS) is 22.2. The van der Waals surface area contributed by atoms with Crippen molar-refractivity contribution in [1.29, 1.82) is 0 Å². The zero-order valence-corrected chi connectivity index (χ0v) is 12.7. The molecule has 1 N–H and O–H groups in total. The monoisotopic (exact) mass is 289 g/mol. The van der Waals surface area contributed by atoms with Crippen LogP contribution in [0.2, 0.25) is 0 Å². The minimum atomic E-state index is 0. The number of hydrogen-bond acceptors (Lipinski definition) is 5. The van der Waals surface area contributed by atoms with Crippen molar-refractivity contribution in [3.63, 3.8) is 0 Å². The maximum Gasteiger partial charge on any atom is 0.0479 e. The standard InChI is InChI=1S/C7H17N3.C6H14N2.2CH4/c1-8-7-10-5-3-9(2)4-6-10;1-7-3-5-8(2)6-4-7;;/h8H,3-7H2,1-2H3;3-6H2,1-2H3;2*1H4. The number of piperazine rings is 2. The van der Waals surface area contributed by atoms with Crippen LogP contribution >= 0.6 is 0 Å².